The van der Waals surface area contributed by atoms with Crippen LogP contribution < -0.4 is 9.13 Å². The van der Waals surface area contributed by atoms with Gasteiger partial charge in [0.05, 0.1) is 14.1 Å². The van der Waals surface area contributed by atoms with Crippen molar-refractivity contribution in [3.05, 3.63) is 37.4 Å². The van der Waals surface area contributed by atoms with E-state index < -0.39 is 18.8 Å². The van der Waals surface area contributed by atoms with E-state index in [1.807, 2.05) is 14.1 Å². The SMILES string of the molecule is C[n+]1ccn(CCn2cc[n+](C)c2)c1.[Cl][Al-]([Cl])([Cl])[Cl].[Cl][Al-]([Cl])([Cl])[Cl]. The maximum atomic E-state index is 4.99. The van der Waals surface area contributed by atoms with Crippen molar-refractivity contribution in [1.82, 2.24) is 9.13 Å². The highest BCUT2D eigenvalue weighted by Gasteiger charge is 2.15. The first-order chi connectivity index (χ1) is 10.7. The van der Waals surface area contributed by atoms with E-state index in [-0.39, 0.29) is 0 Å². The molecule has 24 heavy (non-hydrogen) atoms. The van der Waals surface area contributed by atoms with Crippen molar-refractivity contribution < 1.29 is 9.13 Å². The van der Waals surface area contributed by atoms with Crippen molar-refractivity contribution in [2.45, 2.75) is 13.1 Å². The van der Waals surface area contributed by atoms with E-state index in [9.17, 15) is 0 Å². The highest BCUT2D eigenvalue weighted by Crippen LogP contribution is 2.23. The Bertz CT molecular complexity index is 528. The second-order valence-corrected chi connectivity index (χ2v) is 30.4. The molecule has 2 heterocycles. The Morgan fingerprint density at radius 1 is 0.667 bits per heavy atom. The van der Waals surface area contributed by atoms with Gasteiger partial charge in [-0.1, -0.05) is 0 Å². The first-order valence-corrected chi connectivity index (χ1v) is 20.5. The quantitative estimate of drug-likeness (QED) is 0.415. The summed E-state index contributed by atoms with van der Waals surface area (Å²) in [5.41, 5.74) is 0. The minimum absolute atomic E-state index is 1.01. The molecule has 4 nitrogen and oxygen atoms in total. The Hall–Kier alpha value is 1.80. The summed E-state index contributed by atoms with van der Waals surface area (Å²) in [5.74, 6) is 0. The van der Waals surface area contributed by atoms with Crippen LogP contribution in [0.4, 0.5) is 0 Å². The van der Waals surface area contributed by atoms with Crippen LogP contribution in [0.25, 0.3) is 0 Å². The van der Waals surface area contributed by atoms with Crippen LogP contribution in [-0.2, 0) is 27.2 Å². The van der Waals surface area contributed by atoms with Crippen LogP contribution in [-0.4, -0.2) is 27.9 Å². The van der Waals surface area contributed by atoms with Crippen molar-refractivity contribution in [3.63, 3.8) is 0 Å². The number of hydrogen-bond donors (Lipinski definition) is 0. The second kappa shape index (κ2) is 12.3. The summed E-state index contributed by atoms with van der Waals surface area (Å²) >= 11 is 0. The molecule has 0 aliphatic rings. The smallest absolute Gasteiger partial charge is 0.391 e. The average molecular weight is 530 g/mol. The molecule has 2 aromatic heterocycles. The minimum atomic E-state index is -2.94. The largest absolute Gasteiger partial charge is 0.564 e. The molecule has 0 radical (unpaired) electrons. The third-order valence-corrected chi connectivity index (χ3v) is 2.26. The molecule has 0 atom stereocenters. The fraction of sp³-hybridized carbons (Fsp3) is 0.400. The summed E-state index contributed by atoms with van der Waals surface area (Å²) in [6.07, 6.45) is 12.4. The third-order valence-electron chi connectivity index (χ3n) is 2.26. The van der Waals surface area contributed by atoms with Gasteiger partial charge in [-0.2, -0.15) is 0 Å². The van der Waals surface area contributed by atoms with Gasteiger partial charge in [-0.25, -0.2) is 18.3 Å². The van der Waals surface area contributed by atoms with Crippen LogP contribution in [0.5, 0.6) is 0 Å². The van der Waals surface area contributed by atoms with Gasteiger partial charge < -0.3 is 80.4 Å². The maximum absolute atomic E-state index is 4.99. The van der Waals surface area contributed by atoms with Crippen molar-refractivity contribution in [2.24, 2.45) is 14.1 Å². The summed E-state index contributed by atoms with van der Waals surface area (Å²) in [7, 11) is 38.1. The summed E-state index contributed by atoms with van der Waals surface area (Å²) in [6.45, 7) is 2.02. The minimum Gasteiger partial charge on any atom is -0.391 e. The predicted octanol–water partition coefficient (Wildman–Crippen LogP) is 4.39. The number of aryl methyl sites for hydroxylation is 4. The van der Waals surface area contributed by atoms with Crippen LogP contribution in [0, 0.1) is 0 Å². The van der Waals surface area contributed by atoms with Crippen molar-refractivity contribution in [2.75, 3.05) is 0 Å². The van der Waals surface area contributed by atoms with Gasteiger partial charge in [0.15, 0.2) is 0 Å². The molecule has 138 valence electrons. The molecule has 0 spiro atoms. The molecular formula is C10H16Al2Cl8N4. The second-order valence-electron chi connectivity index (χ2n) is 4.62. The standard InChI is InChI=1S/C10H16N4.2Al.8ClH/c1-11-3-5-13(9-11)7-8-14-6-4-12(2)10-14;;;;;;;;;;/h3-6,9-10H,7-8H2,1-2H3;;;8*1H/q+2;2*+3;;;;;;;;/p-8. The maximum Gasteiger partial charge on any atom is 0.564 e. The fourth-order valence-corrected chi connectivity index (χ4v) is 1.50. The molecule has 0 fully saturated rings. The fourth-order valence-electron chi connectivity index (χ4n) is 1.50. The highest BCUT2D eigenvalue weighted by molar-refractivity contribution is 7.81. The van der Waals surface area contributed by atoms with E-state index in [0.717, 1.165) is 13.1 Å². The number of aromatic nitrogens is 4. The summed E-state index contributed by atoms with van der Waals surface area (Å²) in [4.78, 5) is 0. The van der Waals surface area contributed by atoms with Crippen LogP contribution in [0.3, 0.4) is 0 Å². The molecule has 0 aliphatic carbocycles. The lowest BCUT2D eigenvalue weighted by atomic mass is 10.6. The van der Waals surface area contributed by atoms with E-state index in [0.29, 0.717) is 0 Å². The zero-order chi connectivity index (χ0) is 19.0. The molecule has 0 aromatic carbocycles. The van der Waals surface area contributed by atoms with Gasteiger partial charge in [-0.15, -0.1) is 0 Å². The monoisotopic (exact) mass is 526 g/mol. The molecule has 0 saturated heterocycles. The van der Waals surface area contributed by atoms with Crippen LogP contribution in [0.2, 0.25) is 0 Å². The summed E-state index contributed by atoms with van der Waals surface area (Å²) in [5, 5.41) is 0. The van der Waals surface area contributed by atoms with Gasteiger partial charge in [0.2, 0.25) is 12.7 Å². The topological polar surface area (TPSA) is 17.6 Å². The number of imidazole rings is 2. The molecule has 0 bridgehead atoms. The van der Waals surface area contributed by atoms with Crippen LogP contribution >= 0.6 is 80.4 Å². The van der Waals surface area contributed by atoms with Crippen molar-refractivity contribution in [3.8, 4) is 0 Å². The summed E-state index contributed by atoms with van der Waals surface area (Å²) < 4.78 is 8.46. The molecule has 0 saturated carbocycles. The average Bonchev–Trinajstić information content (AvgIpc) is 2.91. The van der Waals surface area contributed by atoms with Crippen molar-refractivity contribution >= 4 is 99.2 Å². The molecule has 0 amide bonds. The van der Waals surface area contributed by atoms with Gasteiger partial charge in [0, 0.05) is 0 Å². The lowest BCUT2D eigenvalue weighted by Gasteiger charge is -1.97. The number of hydrogen-bond acceptors (Lipinski definition) is 0. The van der Waals surface area contributed by atoms with E-state index >= 15 is 0 Å². The van der Waals surface area contributed by atoms with E-state index in [1.165, 1.54) is 0 Å². The van der Waals surface area contributed by atoms with Gasteiger partial charge >= 0.3 is 18.8 Å². The number of nitrogens with zero attached hydrogens (tertiary/aromatic N) is 4. The molecule has 14 heteroatoms. The Morgan fingerprint density at radius 3 is 1.08 bits per heavy atom. The lowest BCUT2D eigenvalue weighted by molar-refractivity contribution is -0.671. The predicted molar refractivity (Wildman–Crippen MR) is 110 cm³/mol. The van der Waals surface area contributed by atoms with Gasteiger partial charge in [0.1, 0.15) is 37.9 Å². The molecule has 0 N–H and O–H groups in total. The van der Waals surface area contributed by atoms with Crippen LogP contribution in [0.1, 0.15) is 0 Å². The first-order valence-electron chi connectivity index (χ1n) is 6.50. The zero-order valence-electron chi connectivity index (χ0n) is 12.8. The Morgan fingerprint density at radius 2 is 0.917 bits per heavy atom. The summed E-state index contributed by atoms with van der Waals surface area (Å²) in [6, 6.07) is 0. The lowest BCUT2D eigenvalue weighted by Crippen LogP contribution is -2.24. The van der Waals surface area contributed by atoms with Crippen LogP contribution in [0.15, 0.2) is 37.4 Å². The molecule has 2 rings (SSSR count). The number of rotatable bonds is 3. The third kappa shape index (κ3) is 20.1. The van der Waals surface area contributed by atoms with Crippen molar-refractivity contribution in [1.29, 1.82) is 0 Å². The van der Waals surface area contributed by atoms with E-state index in [1.54, 1.807) is 0 Å². The van der Waals surface area contributed by atoms with Gasteiger partial charge in [0.25, 0.3) is 0 Å². The van der Waals surface area contributed by atoms with E-state index in [4.69, 9.17) is 80.4 Å². The highest BCUT2D eigenvalue weighted by atomic mass is 35.9. The Kier molecular flexibility index (Phi) is 13.2. The zero-order valence-corrected chi connectivity index (χ0v) is 21.2. The molecule has 0 unspecified atom stereocenters. The van der Waals surface area contributed by atoms with E-state index in [2.05, 4.69) is 55.7 Å². The Labute approximate surface area is 180 Å². The van der Waals surface area contributed by atoms with Gasteiger partial charge in [-0.05, 0) is 0 Å². The first kappa shape index (κ1) is 25.8. The molecule has 0 aliphatic heterocycles. The number of halogens is 8. The Balaban J connectivity index is 0.000000442. The van der Waals surface area contributed by atoms with Gasteiger partial charge in [-0.3, -0.25) is 0 Å². The molecule has 2 aromatic rings. The molecular weight excluding hydrogens is 514 g/mol. The normalized spacial score (nSPS) is 11.2.